The molecular weight excluding hydrogens is 280 g/mol. The van der Waals surface area contributed by atoms with E-state index in [1.165, 1.54) is 13.2 Å². The zero-order valence-electron chi connectivity index (χ0n) is 11.6. The number of allylic oxidation sites excluding steroid dienone is 1. The molecule has 0 atom stereocenters. The van der Waals surface area contributed by atoms with Crippen molar-refractivity contribution < 1.29 is 19.4 Å². The van der Waals surface area contributed by atoms with Crippen LogP contribution in [0.4, 0.5) is 0 Å². The average molecular weight is 297 g/mol. The third kappa shape index (κ3) is 4.97. The molecule has 1 aromatic rings. The highest BCUT2D eigenvalue weighted by Gasteiger charge is 2.11. The molecule has 0 aliphatic rings. The molecular formula is C15H17ClO4. The molecule has 20 heavy (non-hydrogen) atoms. The molecule has 0 saturated heterocycles. The minimum absolute atomic E-state index is 0.369. The number of ether oxygens (including phenoxy) is 2. The maximum atomic E-state index is 10.6. The highest BCUT2D eigenvalue weighted by molar-refractivity contribution is 6.31. The lowest BCUT2D eigenvalue weighted by molar-refractivity contribution is -0.131. The molecule has 0 fully saturated rings. The van der Waals surface area contributed by atoms with Crippen LogP contribution in [0.3, 0.4) is 0 Å². The minimum atomic E-state index is -1.04. The summed E-state index contributed by atoms with van der Waals surface area (Å²) in [5, 5.41) is 9.15. The third-order valence-electron chi connectivity index (χ3n) is 2.39. The second-order valence-electron chi connectivity index (χ2n) is 4.29. The van der Waals surface area contributed by atoms with Gasteiger partial charge in [0.25, 0.3) is 0 Å². The normalized spacial score (nSPS) is 10.4. The number of aliphatic carboxylic acids is 1. The van der Waals surface area contributed by atoms with Crippen LogP contribution in [0.2, 0.25) is 5.02 Å². The van der Waals surface area contributed by atoms with Crippen LogP contribution in [-0.2, 0) is 4.79 Å². The Morgan fingerprint density at radius 3 is 2.65 bits per heavy atom. The van der Waals surface area contributed by atoms with E-state index in [0.29, 0.717) is 28.7 Å². The van der Waals surface area contributed by atoms with Gasteiger partial charge in [-0.3, -0.25) is 0 Å². The number of hydrogen-bond acceptors (Lipinski definition) is 3. The predicted octanol–water partition coefficient (Wildman–Crippen LogP) is 3.79. The number of methoxy groups -OCH3 is 1. The van der Waals surface area contributed by atoms with Crippen molar-refractivity contribution in [2.24, 2.45) is 0 Å². The van der Waals surface area contributed by atoms with Gasteiger partial charge >= 0.3 is 5.97 Å². The molecule has 0 bridgehead atoms. The summed E-state index contributed by atoms with van der Waals surface area (Å²) in [6.45, 7) is 4.30. The van der Waals surface area contributed by atoms with Crippen molar-refractivity contribution in [3.05, 3.63) is 40.4 Å². The van der Waals surface area contributed by atoms with Gasteiger partial charge < -0.3 is 14.6 Å². The Labute approximate surface area is 123 Å². The van der Waals surface area contributed by atoms with Crippen LogP contribution in [0.25, 0.3) is 6.08 Å². The summed E-state index contributed by atoms with van der Waals surface area (Å²) in [5.41, 5.74) is 1.68. The molecule has 0 unspecified atom stereocenters. The lowest BCUT2D eigenvalue weighted by Gasteiger charge is -2.13. The van der Waals surface area contributed by atoms with Gasteiger partial charge in [0, 0.05) is 22.7 Å². The molecule has 1 rings (SSSR count). The van der Waals surface area contributed by atoms with Crippen LogP contribution in [0.15, 0.2) is 29.9 Å². The molecule has 1 N–H and O–H groups in total. The molecule has 0 aromatic heterocycles. The molecule has 5 heteroatoms. The number of carboxylic acid groups (broad SMARTS) is 1. The van der Waals surface area contributed by atoms with Gasteiger partial charge in [-0.15, -0.1) is 0 Å². The second-order valence-corrected chi connectivity index (χ2v) is 4.73. The molecule has 0 aliphatic heterocycles. The quantitative estimate of drug-likeness (QED) is 0.641. The summed E-state index contributed by atoms with van der Waals surface area (Å²) < 4.78 is 10.9. The van der Waals surface area contributed by atoms with Gasteiger partial charge in [-0.1, -0.05) is 17.2 Å². The molecule has 0 amide bonds. The van der Waals surface area contributed by atoms with E-state index >= 15 is 0 Å². The summed E-state index contributed by atoms with van der Waals surface area (Å²) in [5.74, 6) is -0.115. The number of hydrogen-bond donors (Lipinski definition) is 1. The fourth-order valence-corrected chi connectivity index (χ4v) is 1.69. The van der Waals surface area contributed by atoms with E-state index in [9.17, 15) is 4.79 Å². The maximum Gasteiger partial charge on any atom is 0.328 e. The SMILES string of the molecule is COc1cc(Cl)cc(/C=C/C(=O)O)c1OCC=C(C)C. The Kier molecular flexibility index (Phi) is 6.12. The van der Waals surface area contributed by atoms with Gasteiger partial charge in [0.1, 0.15) is 6.61 Å². The van der Waals surface area contributed by atoms with Crippen LogP contribution in [0, 0.1) is 0 Å². The fraction of sp³-hybridized carbons (Fsp3) is 0.267. The van der Waals surface area contributed by atoms with E-state index < -0.39 is 5.97 Å². The predicted molar refractivity (Wildman–Crippen MR) is 79.6 cm³/mol. The number of benzene rings is 1. The fourth-order valence-electron chi connectivity index (χ4n) is 1.47. The lowest BCUT2D eigenvalue weighted by atomic mass is 10.1. The number of rotatable bonds is 6. The Hall–Kier alpha value is -1.94. The van der Waals surface area contributed by atoms with Crippen molar-refractivity contribution in [2.45, 2.75) is 13.8 Å². The average Bonchev–Trinajstić information content (AvgIpc) is 2.37. The van der Waals surface area contributed by atoms with E-state index in [-0.39, 0.29) is 0 Å². The zero-order valence-corrected chi connectivity index (χ0v) is 12.4. The Bertz CT molecular complexity index is 543. The molecule has 1 aromatic carbocycles. The molecule has 0 radical (unpaired) electrons. The van der Waals surface area contributed by atoms with Crippen LogP contribution in [0.1, 0.15) is 19.4 Å². The van der Waals surface area contributed by atoms with Crippen LogP contribution < -0.4 is 9.47 Å². The molecule has 0 heterocycles. The Morgan fingerprint density at radius 1 is 1.40 bits per heavy atom. The number of carboxylic acids is 1. The first-order chi connectivity index (χ1) is 9.43. The van der Waals surface area contributed by atoms with Crippen molar-refractivity contribution in [3.8, 4) is 11.5 Å². The van der Waals surface area contributed by atoms with Crippen LogP contribution in [-0.4, -0.2) is 24.8 Å². The minimum Gasteiger partial charge on any atom is -0.493 e. The Balaban J connectivity index is 3.15. The summed E-state index contributed by atoms with van der Waals surface area (Å²) >= 11 is 5.97. The first-order valence-corrected chi connectivity index (χ1v) is 6.36. The van der Waals surface area contributed by atoms with Crippen LogP contribution in [0.5, 0.6) is 11.5 Å². The largest absolute Gasteiger partial charge is 0.493 e. The summed E-state index contributed by atoms with van der Waals surface area (Å²) in [4.78, 5) is 10.6. The van der Waals surface area contributed by atoms with Gasteiger partial charge in [-0.2, -0.15) is 0 Å². The van der Waals surface area contributed by atoms with E-state index in [4.69, 9.17) is 26.2 Å². The van der Waals surface area contributed by atoms with Gasteiger partial charge in [-0.05, 0) is 32.1 Å². The molecule has 0 spiro atoms. The summed E-state index contributed by atoms with van der Waals surface area (Å²) in [7, 11) is 1.50. The maximum absolute atomic E-state index is 10.6. The molecule has 0 aliphatic carbocycles. The summed E-state index contributed by atoms with van der Waals surface area (Å²) in [6.07, 6.45) is 4.37. The van der Waals surface area contributed by atoms with E-state index in [0.717, 1.165) is 11.6 Å². The smallest absolute Gasteiger partial charge is 0.328 e. The van der Waals surface area contributed by atoms with Crippen molar-refractivity contribution >= 4 is 23.6 Å². The van der Waals surface area contributed by atoms with Gasteiger partial charge in [0.2, 0.25) is 0 Å². The first kappa shape index (κ1) is 16.1. The van der Waals surface area contributed by atoms with E-state index in [1.54, 1.807) is 12.1 Å². The van der Waals surface area contributed by atoms with Gasteiger partial charge in [-0.25, -0.2) is 4.79 Å². The third-order valence-corrected chi connectivity index (χ3v) is 2.61. The van der Waals surface area contributed by atoms with E-state index in [2.05, 4.69) is 0 Å². The van der Waals surface area contributed by atoms with Gasteiger partial charge in [0.05, 0.1) is 7.11 Å². The van der Waals surface area contributed by atoms with Crippen molar-refractivity contribution in [2.75, 3.05) is 13.7 Å². The van der Waals surface area contributed by atoms with Crippen molar-refractivity contribution in [1.29, 1.82) is 0 Å². The number of halogens is 1. The zero-order chi connectivity index (χ0) is 15.1. The Morgan fingerprint density at radius 2 is 2.10 bits per heavy atom. The standard InChI is InChI=1S/C15H17ClO4/c1-10(2)6-7-20-15-11(4-5-14(17)18)8-12(16)9-13(15)19-3/h4-6,8-9H,7H2,1-3H3,(H,17,18)/b5-4+. The topological polar surface area (TPSA) is 55.8 Å². The van der Waals surface area contributed by atoms with Gasteiger partial charge in [0.15, 0.2) is 11.5 Å². The molecule has 108 valence electrons. The highest BCUT2D eigenvalue weighted by atomic mass is 35.5. The highest BCUT2D eigenvalue weighted by Crippen LogP contribution is 2.35. The summed E-state index contributed by atoms with van der Waals surface area (Å²) in [6, 6.07) is 3.25. The molecule has 4 nitrogen and oxygen atoms in total. The van der Waals surface area contributed by atoms with Crippen molar-refractivity contribution in [3.63, 3.8) is 0 Å². The van der Waals surface area contributed by atoms with E-state index in [1.807, 2.05) is 19.9 Å². The van der Waals surface area contributed by atoms with Crippen molar-refractivity contribution in [1.82, 2.24) is 0 Å². The second kappa shape index (κ2) is 7.60. The first-order valence-electron chi connectivity index (χ1n) is 5.98. The lowest BCUT2D eigenvalue weighted by Crippen LogP contribution is -1.99. The number of carbonyl (C=O) groups is 1. The van der Waals surface area contributed by atoms with Crippen LogP contribution >= 0.6 is 11.6 Å². The molecule has 0 saturated carbocycles. The monoisotopic (exact) mass is 296 g/mol.